The molecule has 5 rings (SSSR count). The van der Waals surface area contributed by atoms with Crippen LogP contribution in [0.25, 0.3) is 33.3 Å². The average molecular weight is 390 g/mol. The number of pyridine rings is 2. The van der Waals surface area contributed by atoms with Crippen LogP contribution in [0.5, 0.6) is 0 Å². The number of hydrogen-bond acceptors (Lipinski definition) is 8. The van der Waals surface area contributed by atoms with Gasteiger partial charge in [-0.25, -0.2) is 15.0 Å². The Labute approximate surface area is 167 Å². The molecule has 0 bridgehead atoms. The quantitative estimate of drug-likeness (QED) is 0.536. The normalized spacial score (nSPS) is 17.3. The highest BCUT2D eigenvalue weighted by molar-refractivity contribution is 6.02. The van der Waals surface area contributed by atoms with Crippen LogP contribution in [0.4, 0.5) is 17.3 Å². The van der Waals surface area contributed by atoms with Crippen molar-refractivity contribution in [2.24, 2.45) is 0 Å². The molecule has 1 aromatic carbocycles. The number of morpholine rings is 1. The number of ether oxygens (including phenoxy) is 1. The lowest BCUT2D eigenvalue weighted by molar-refractivity contribution is 0.0532. The highest BCUT2D eigenvalue weighted by Gasteiger charge is 2.20. The van der Waals surface area contributed by atoms with Crippen molar-refractivity contribution in [2.45, 2.75) is 20.0 Å². The van der Waals surface area contributed by atoms with E-state index in [0.29, 0.717) is 17.5 Å². The van der Waals surface area contributed by atoms with Crippen molar-refractivity contribution >= 4 is 39.2 Å². The fourth-order valence-corrected chi connectivity index (χ4v) is 3.92. The van der Waals surface area contributed by atoms with Crippen molar-refractivity contribution in [2.75, 3.05) is 36.1 Å². The number of fused-ring (bicyclic) bond motifs is 2. The minimum absolute atomic E-state index is 0.209. The predicted molar refractivity (Wildman–Crippen MR) is 114 cm³/mol. The average Bonchev–Trinajstić information content (AvgIpc) is 3.10. The second kappa shape index (κ2) is 6.59. The lowest BCUT2D eigenvalue weighted by atomic mass is 10.1. The van der Waals surface area contributed by atoms with Crippen LogP contribution in [0.2, 0.25) is 0 Å². The number of hydrogen-bond donors (Lipinski definition) is 2. The first-order valence-electron chi connectivity index (χ1n) is 9.58. The molecule has 1 aliphatic heterocycles. The van der Waals surface area contributed by atoms with E-state index in [0.717, 1.165) is 58.5 Å². The molecule has 0 amide bonds. The Morgan fingerprint density at radius 3 is 2.83 bits per heavy atom. The summed E-state index contributed by atoms with van der Waals surface area (Å²) >= 11 is 0. The number of oxazole rings is 1. The molecule has 1 atom stereocenters. The van der Waals surface area contributed by atoms with E-state index < -0.39 is 0 Å². The van der Waals surface area contributed by atoms with Gasteiger partial charge in [0.1, 0.15) is 17.2 Å². The maximum Gasteiger partial charge on any atom is 0.229 e. The number of nitrogens with zero attached hydrogens (tertiary/aromatic N) is 4. The van der Waals surface area contributed by atoms with Crippen molar-refractivity contribution < 1.29 is 9.15 Å². The zero-order valence-corrected chi connectivity index (χ0v) is 16.3. The van der Waals surface area contributed by atoms with Gasteiger partial charge in [0, 0.05) is 35.7 Å². The van der Waals surface area contributed by atoms with E-state index in [1.165, 1.54) is 0 Å². The van der Waals surface area contributed by atoms with Crippen molar-refractivity contribution in [3.05, 3.63) is 36.2 Å². The Bertz CT molecular complexity index is 1240. The number of nitrogens with two attached hydrogens (primary N) is 2. The van der Waals surface area contributed by atoms with Crippen LogP contribution in [0.15, 0.2) is 34.9 Å². The zero-order chi connectivity index (χ0) is 20.1. The van der Waals surface area contributed by atoms with Gasteiger partial charge >= 0.3 is 0 Å². The maximum atomic E-state index is 6.09. The Morgan fingerprint density at radius 2 is 2.00 bits per heavy atom. The second-order valence-corrected chi connectivity index (χ2v) is 7.41. The van der Waals surface area contributed by atoms with Crippen molar-refractivity contribution in [1.82, 2.24) is 15.0 Å². The van der Waals surface area contributed by atoms with Crippen LogP contribution in [-0.4, -0.2) is 40.8 Å². The van der Waals surface area contributed by atoms with E-state index in [4.69, 9.17) is 25.6 Å². The van der Waals surface area contributed by atoms with Gasteiger partial charge in [-0.15, -0.1) is 0 Å². The largest absolute Gasteiger partial charge is 0.436 e. The fourth-order valence-electron chi connectivity index (χ4n) is 3.92. The Kier molecular flexibility index (Phi) is 4.02. The topological polar surface area (TPSA) is 116 Å². The summed E-state index contributed by atoms with van der Waals surface area (Å²) < 4.78 is 11.7. The molecule has 0 spiro atoms. The molecule has 3 aromatic heterocycles. The molecule has 0 saturated carbocycles. The lowest BCUT2D eigenvalue weighted by Gasteiger charge is -2.32. The number of benzene rings is 1. The number of anilines is 3. The number of aromatic nitrogens is 3. The molecular weight excluding hydrogens is 368 g/mol. The molecular formula is C21H22N6O2. The lowest BCUT2D eigenvalue weighted by Crippen LogP contribution is -2.41. The summed E-state index contributed by atoms with van der Waals surface area (Å²) in [5.41, 5.74) is 16.1. The van der Waals surface area contributed by atoms with Gasteiger partial charge in [0.25, 0.3) is 0 Å². The highest BCUT2D eigenvalue weighted by atomic mass is 16.5. The van der Waals surface area contributed by atoms with Gasteiger partial charge in [0.15, 0.2) is 5.58 Å². The SMILES string of the molecule is Cc1nc(N)c2cnc(N)cc2c1-c1nc2cc(N3CCO[C@@H](C)C3)ccc2o1. The Balaban J connectivity index is 1.64. The Hall–Kier alpha value is -3.39. The van der Waals surface area contributed by atoms with Gasteiger partial charge in [0.05, 0.1) is 24.0 Å². The third-order valence-corrected chi connectivity index (χ3v) is 5.31. The summed E-state index contributed by atoms with van der Waals surface area (Å²) in [7, 11) is 0. The molecule has 4 N–H and O–H groups in total. The van der Waals surface area contributed by atoms with Crippen molar-refractivity contribution in [3.8, 4) is 11.5 Å². The number of aryl methyl sites for hydroxylation is 1. The van der Waals surface area contributed by atoms with E-state index >= 15 is 0 Å². The third kappa shape index (κ3) is 3.01. The summed E-state index contributed by atoms with van der Waals surface area (Å²) in [6.07, 6.45) is 1.84. The summed E-state index contributed by atoms with van der Waals surface area (Å²) in [4.78, 5) is 15.7. The summed E-state index contributed by atoms with van der Waals surface area (Å²) in [6, 6.07) is 7.85. The third-order valence-electron chi connectivity index (χ3n) is 5.31. The Morgan fingerprint density at radius 1 is 1.14 bits per heavy atom. The summed E-state index contributed by atoms with van der Waals surface area (Å²) in [6.45, 7) is 6.41. The van der Waals surface area contributed by atoms with E-state index in [1.807, 2.05) is 13.0 Å². The zero-order valence-electron chi connectivity index (χ0n) is 16.3. The highest BCUT2D eigenvalue weighted by Crippen LogP contribution is 2.35. The molecule has 148 valence electrons. The van der Waals surface area contributed by atoms with E-state index in [9.17, 15) is 0 Å². The molecule has 29 heavy (non-hydrogen) atoms. The van der Waals surface area contributed by atoms with Crippen LogP contribution in [0.3, 0.4) is 0 Å². The van der Waals surface area contributed by atoms with Gasteiger partial charge in [-0.3, -0.25) is 0 Å². The van der Waals surface area contributed by atoms with Crippen LogP contribution >= 0.6 is 0 Å². The van der Waals surface area contributed by atoms with Crippen LogP contribution in [0.1, 0.15) is 12.6 Å². The number of nitrogen functional groups attached to an aromatic ring is 2. The molecule has 1 fully saturated rings. The summed E-state index contributed by atoms with van der Waals surface area (Å²) in [5, 5.41) is 1.56. The van der Waals surface area contributed by atoms with Crippen molar-refractivity contribution in [1.29, 1.82) is 0 Å². The first-order chi connectivity index (χ1) is 14.0. The molecule has 8 nitrogen and oxygen atoms in total. The van der Waals surface area contributed by atoms with Crippen LogP contribution in [-0.2, 0) is 4.74 Å². The van der Waals surface area contributed by atoms with Crippen LogP contribution < -0.4 is 16.4 Å². The van der Waals surface area contributed by atoms with Gasteiger partial charge in [-0.2, -0.15) is 0 Å². The standard InChI is InChI=1S/C21H22N6O2/c1-11-10-27(5-6-28-11)13-3-4-17-16(7-13)26-21(29-17)19-12(2)25-20(23)15-9-24-18(22)8-14(15)19/h3-4,7-9,11H,5-6,10H2,1-2H3,(H2,22,24)(H2,23,25)/t11-/m0/s1. The smallest absolute Gasteiger partial charge is 0.229 e. The first-order valence-corrected chi connectivity index (χ1v) is 9.58. The number of rotatable bonds is 2. The molecule has 0 unspecified atom stereocenters. The first kappa shape index (κ1) is 17.7. The van der Waals surface area contributed by atoms with Gasteiger partial charge < -0.3 is 25.5 Å². The van der Waals surface area contributed by atoms with E-state index in [2.05, 4.69) is 33.9 Å². The molecule has 1 saturated heterocycles. The fraction of sp³-hybridized carbons (Fsp3) is 0.286. The molecule has 1 aliphatic rings. The van der Waals surface area contributed by atoms with E-state index in [-0.39, 0.29) is 6.10 Å². The molecule has 8 heteroatoms. The molecule has 0 radical (unpaired) electrons. The maximum absolute atomic E-state index is 6.09. The minimum atomic E-state index is 0.209. The van der Waals surface area contributed by atoms with Gasteiger partial charge in [-0.05, 0) is 38.1 Å². The van der Waals surface area contributed by atoms with Gasteiger partial charge in [-0.1, -0.05) is 0 Å². The molecule has 0 aliphatic carbocycles. The van der Waals surface area contributed by atoms with Gasteiger partial charge in [0.2, 0.25) is 5.89 Å². The monoisotopic (exact) mass is 390 g/mol. The predicted octanol–water partition coefficient (Wildman–Crippen LogP) is 3.14. The summed E-state index contributed by atoms with van der Waals surface area (Å²) in [5.74, 6) is 1.31. The minimum Gasteiger partial charge on any atom is -0.436 e. The van der Waals surface area contributed by atoms with Crippen LogP contribution in [0, 0.1) is 6.92 Å². The van der Waals surface area contributed by atoms with Crippen molar-refractivity contribution in [3.63, 3.8) is 0 Å². The van der Waals surface area contributed by atoms with E-state index in [1.54, 1.807) is 12.3 Å². The molecule has 4 aromatic rings. The second-order valence-electron chi connectivity index (χ2n) is 7.41. The molecule has 4 heterocycles.